The molecule has 2 heteroatoms. The maximum Gasteiger partial charge on any atom is 0.0598 e. The van der Waals surface area contributed by atoms with Crippen molar-refractivity contribution in [3.63, 3.8) is 0 Å². The molecule has 1 N–H and O–H groups in total. The van der Waals surface area contributed by atoms with E-state index in [0.717, 1.165) is 18.0 Å². The molecule has 18 heavy (non-hydrogen) atoms. The second-order valence-electron chi connectivity index (χ2n) is 5.72. The summed E-state index contributed by atoms with van der Waals surface area (Å²) < 4.78 is 0. The summed E-state index contributed by atoms with van der Waals surface area (Å²) in [6.45, 7) is 2.07. The molecule has 0 amide bonds. The molecule has 1 aromatic rings. The highest BCUT2D eigenvalue weighted by atomic mass is 16.3. The first-order chi connectivity index (χ1) is 8.75. The third-order valence-electron chi connectivity index (χ3n) is 4.13. The second kappa shape index (κ2) is 6.89. The molecule has 1 aliphatic carbocycles. The molecule has 0 aliphatic heterocycles. The van der Waals surface area contributed by atoms with E-state index < -0.39 is 0 Å². The van der Waals surface area contributed by atoms with Crippen LogP contribution in [0.25, 0.3) is 0 Å². The van der Waals surface area contributed by atoms with Gasteiger partial charge in [-0.1, -0.05) is 44.6 Å². The standard InChI is InChI=1S/C16H25NO/c1-13-7-6-10-17-16(13)12-15(18)11-14-8-4-2-3-5-9-14/h6-7,10,14-15,18H,2-5,8-9,11-12H2,1H3. The molecule has 1 fully saturated rings. The van der Waals surface area contributed by atoms with E-state index in [-0.39, 0.29) is 6.10 Å². The number of hydrogen-bond donors (Lipinski definition) is 1. The molecule has 2 nitrogen and oxygen atoms in total. The van der Waals surface area contributed by atoms with Crippen LogP contribution in [-0.4, -0.2) is 16.2 Å². The summed E-state index contributed by atoms with van der Waals surface area (Å²) in [4.78, 5) is 4.37. The molecule has 1 aromatic heterocycles. The van der Waals surface area contributed by atoms with E-state index in [4.69, 9.17) is 0 Å². The Bertz CT molecular complexity index is 356. The number of aromatic nitrogens is 1. The molecule has 0 saturated heterocycles. The third kappa shape index (κ3) is 4.09. The van der Waals surface area contributed by atoms with Gasteiger partial charge < -0.3 is 5.11 Å². The topological polar surface area (TPSA) is 33.1 Å². The van der Waals surface area contributed by atoms with Crippen molar-refractivity contribution in [3.8, 4) is 0 Å². The first-order valence-electron chi connectivity index (χ1n) is 7.34. The van der Waals surface area contributed by atoms with Gasteiger partial charge in [0.15, 0.2) is 0 Å². The number of nitrogens with zero attached hydrogens (tertiary/aromatic N) is 1. The molecule has 2 rings (SSSR count). The van der Waals surface area contributed by atoms with Crippen LogP contribution >= 0.6 is 0 Å². The maximum absolute atomic E-state index is 10.2. The van der Waals surface area contributed by atoms with Crippen molar-refractivity contribution in [3.05, 3.63) is 29.6 Å². The first kappa shape index (κ1) is 13.5. The van der Waals surface area contributed by atoms with Crippen LogP contribution in [0.15, 0.2) is 18.3 Å². The SMILES string of the molecule is Cc1cccnc1CC(O)CC1CCCCCC1. The summed E-state index contributed by atoms with van der Waals surface area (Å²) in [6.07, 6.45) is 11.3. The maximum atomic E-state index is 10.2. The molecule has 1 atom stereocenters. The number of pyridine rings is 1. The lowest BCUT2D eigenvalue weighted by Gasteiger charge is -2.18. The fourth-order valence-electron chi connectivity index (χ4n) is 3.02. The van der Waals surface area contributed by atoms with Crippen molar-refractivity contribution in [2.24, 2.45) is 5.92 Å². The smallest absolute Gasteiger partial charge is 0.0598 e. The highest BCUT2D eigenvalue weighted by Gasteiger charge is 2.17. The van der Waals surface area contributed by atoms with Crippen LogP contribution in [0.4, 0.5) is 0 Å². The molecule has 0 radical (unpaired) electrons. The Hall–Kier alpha value is -0.890. The van der Waals surface area contributed by atoms with Gasteiger partial charge in [-0.25, -0.2) is 0 Å². The summed E-state index contributed by atoms with van der Waals surface area (Å²) in [5, 5.41) is 10.2. The predicted molar refractivity (Wildman–Crippen MR) is 74.5 cm³/mol. The van der Waals surface area contributed by atoms with Crippen molar-refractivity contribution in [1.29, 1.82) is 0 Å². The number of hydrogen-bond acceptors (Lipinski definition) is 2. The van der Waals surface area contributed by atoms with Gasteiger partial charge in [0.05, 0.1) is 6.10 Å². The molecule has 0 spiro atoms. The highest BCUT2D eigenvalue weighted by molar-refractivity contribution is 5.18. The molecule has 1 unspecified atom stereocenters. The molecule has 1 saturated carbocycles. The van der Waals surface area contributed by atoms with Gasteiger partial charge in [0.1, 0.15) is 0 Å². The van der Waals surface area contributed by atoms with Crippen molar-refractivity contribution in [2.75, 3.05) is 0 Å². The average molecular weight is 247 g/mol. The van der Waals surface area contributed by atoms with Crippen LogP contribution in [0.3, 0.4) is 0 Å². The van der Waals surface area contributed by atoms with E-state index >= 15 is 0 Å². The van der Waals surface area contributed by atoms with E-state index in [2.05, 4.69) is 18.0 Å². The first-order valence-corrected chi connectivity index (χ1v) is 7.34. The van der Waals surface area contributed by atoms with Gasteiger partial charge in [0.2, 0.25) is 0 Å². The Balaban J connectivity index is 1.84. The lowest BCUT2D eigenvalue weighted by atomic mass is 9.92. The van der Waals surface area contributed by atoms with Gasteiger partial charge in [0.25, 0.3) is 0 Å². The molecule has 0 aromatic carbocycles. The molecule has 100 valence electrons. The summed E-state index contributed by atoms with van der Waals surface area (Å²) in [5.74, 6) is 0.728. The van der Waals surface area contributed by atoms with Gasteiger partial charge in [-0.2, -0.15) is 0 Å². The Labute approximate surface area is 110 Å². The summed E-state index contributed by atoms with van der Waals surface area (Å²) in [5.41, 5.74) is 2.25. The van der Waals surface area contributed by atoms with Crippen LogP contribution in [0.5, 0.6) is 0 Å². The van der Waals surface area contributed by atoms with Crippen molar-refractivity contribution < 1.29 is 5.11 Å². The molecule has 0 bridgehead atoms. The molecular weight excluding hydrogens is 222 g/mol. The van der Waals surface area contributed by atoms with E-state index in [9.17, 15) is 5.11 Å². The lowest BCUT2D eigenvalue weighted by Crippen LogP contribution is -2.17. The lowest BCUT2D eigenvalue weighted by molar-refractivity contribution is 0.136. The minimum absolute atomic E-state index is 0.221. The quantitative estimate of drug-likeness (QED) is 0.824. The highest BCUT2D eigenvalue weighted by Crippen LogP contribution is 2.27. The molecule has 1 heterocycles. The predicted octanol–water partition coefficient (Wildman–Crippen LogP) is 3.65. The normalized spacial score (nSPS) is 19.4. The molecule has 1 aliphatic rings. The van der Waals surface area contributed by atoms with Gasteiger partial charge in [-0.3, -0.25) is 4.98 Å². The van der Waals surface area contributed by atoms with Gasteiger partial charge >= 0.3 is 0 Å². The van der Waals surface area contributed by atoms with Crippen LogP contribution in [0.2, 0.25) is 0 Å². The number of aryl methyl sites for hydroxylation is 1. The monoisotopic (exact) mass is 247 g/mol. The van der Waals surface area contributed by atoms with Crippen LogP contribution in [0.1, 0.15) is 56.2 Å². The minimum atomic E-state index is -0.221. The van der Waals surface area contributed by atoms with E-state index in [0.29, 0.717) is 6.42 Å². The zero-order valence-electron chi connectivity index (χ0n) is 11.4. The summed E-state index contributed by atoms with van der Waals surface area (Å²) >= 11 is 0. The average Bonchev–Trinajstić information content (AvgIpc) is 2.61. The Morgan fingerprint density at radius 1 is 1.28 bits per heavy atom. The van der Waals surface area contributed by atoms with E-state index in [1.54, 1.807) is 0 Å². The fraction of sp³-hybridized carbons (Fsp3) is 0.688. The molecular formula is C16H25NO. The largest absolute Gasteiger partial charge is 0.393 e. The van der Waals surface area contributed by atoms with Crippen molar-refractivity contribution in [2.45, 2.75) is 64.4 Å². The minimum Gasteiger partial charge on any atom is -0.393 e. The van der Waals surface area contributed by atoms with Gasteiger partial charge in [-0.05, 0) is 30.9 Å². The van der Waals surface area contributed by atoms with Crippen molar-refractivity contribution in [1.82, 2.24) is 4.98 Å². The Kier molecular flexibility index (Phi) is 5.18. The Morgan fingerprint density at radius 2 is 2.00 bits per heavy atom. The Morgan fingerprint density at radius 3 is 2.67 bits per heavy atom. The summed E-state index contributed by atoms with van der Waals surface area (Å²) in [6, 6.07) is 4.03. The number of rotatable bonds is 4. The van der Waals surface area contributed by atoms with E-state index in [1.807, 2.05) is 12.3 Å². The van der Waals surface area contributed by atoms with Crippen LogP contribution in [0, 0.1) is 12.8 Å². The fourth-order valence-corrected chi connectivity index (χ4v) is 3.02. The third-order valence-corrected chi connectivity index (χ3v) is 4.13. The van der Waals surface area contributed by atoms with Crippen LogP contribution in [-0.2, 0) is 6.42 Å². The van der Waals surface area contributed by atoms with Crippen LogP contribution < -0.4 is 0 Å². The van der Waals surface area contributed by atoms with Gasteiger partial charge in [0, 0.05) is 18.3 Å². The van der Waals surface area contributed by atoms with Gasteiger partial charge in [-0.15, -0.1) is 0 Å². The zero-order chi connectivity index (χ0) is 12.8. The number of aliphatic hydroxyl groups excluding tert-OH is 1. The van der Waals surface area contributed by atoms with E-state index in [1.165, 1.54) is 44.1 Å². The van der Waals surface area contributed by atoms with Crippen molar-refractivity contribution >= 4 is 0 Å². The number of aliphatic hydroxyl groups is 1. The summed E-state index contributed by atoms with van der Waals surface area (Å²) in [7, 11) is 0. The zero-order valence-corrected chi connectivity index (χ0v) is 11.4. The second-order valence-corrected chi connectivity index (χ2v) is 5.72.